The summed E-state index contributed by atoms with van der Waals surface area (Å²) in [5.74, 6) is 1.76. The van der Waals surface area contributed by atoms with E-state index in [0.29, 0.717) is 0 Å². The van der Waals surface area contributed by atoms with Crippen molar-refractivity contribution < 1.29 is 0 Å². The van der Waals surface area contributed by atoms with Crippen LogP contribution in [-0.4, -0.2) is 48.3 Å². The number of benzene rings is 1. The van der Waals surface area contributed by atoms with E-state index in [0.717, 1.165) is 24.4 Å². The standard InChI is InChI=1S/C20H32N2S/c1-16-12-17(2)14-22(13-16)19-8-10-21(11-9-19)15-18-4-6-20(23-3)7-5-18/h4-7,16-17,19H,8-15H2,1-3H3/t16-,17-/m0/s1. The van der Waals surface area contributed by atoms with Gasteiger partial charge in [0.05, 0.1) is 0 Å². The molecule has 0 radical (unpaired) electrons. The molecule has 0 bridgehead atoms. The van der Waals surface area contributed by atoms with Crippen molar-refractivity contribution in [3.63, 3.8) is 0 Å². The quantitative estimate of drug-likeness (QED) is 0.757. The number of thioether (sulfide) groups is 1. The predicted molar refractivity (Wildman–Crippen MR) is 101 cm³/mol. The molecule has 128 valence electrons. The fourth-order valence-electron chi connectivity index (χ4n) is 4.44. The molecule has 2 fully saturated rings. The first-order valence-electron chi connectivity index (χ1n) is 9.23. The molecule has 2 heterocycles. The molecule has 0 aliphatic carbocycles. The third kappa shape index (κ3) is 4.74. The molecule has 0 unspecified atom stereocenters. The average Bonchev–Trinajstić information content (AvgIpc) is 2.55. The maximum Gasteiger partial charge on any atom is 0.0233 e. The maximum absolute atomic E-state index is 2.80. The Kier molecular flexibility index (Phi) is 6.06. The summed E-state index contributed by atoms with van der Waals surface area (Å²) in [5.41, 5.74) is 1.46. The molecule has 3 heteroatoms. The van der Waals surface area contributed by atoms with E-state index in [-0.39, 0.29) is 0 Å². The molecular formula is C20H32N2S. The van der Waals surface area contributed by atoms with Gasteiger partial charge in [-0.25, -0.2) is 0 Å². The summed E-state index contributed by atoms with van der Waals surface area (Å²) >= 11 is 1.82. The Morgan fingerprint density at radius 3 is 2.17 bits per heavy atom. The second-order valence-electron chi connectivity index (χ2n) is 7.76. The van der Waals surface area contributed by atoms with Crippen molar-refractivity contribution in [1.29, 1.82) is 0 Å². The molecule has 0 amide bonds. The molecule has 2 aliphatic heterocycles. The largest absolute Gasteiger partial charge is 0.300 e. The zero-order chi connectivity index (χ0) is 16.2. The van der Waals surface area contributed by atoms with Gasteiger partial charge in [0.2, 0.25) is 0 Å². The highest BCUT2D eigenvalue weighted by Gasteiger charge is 2.29. The van der Waals surface area contributed by atoms with Crippen molar-refractivity contribution in [2.75, 3.05) is 32.4 Å². The number of nitrogens with zero attached hydrogens (tertiary/aromatic N) is 2. The van der Waals surface area contributed by atoms with Crippen LogP contribution in [0.1, 0.15) is 38.7 Å². The van der Waals surface area contributed by atoms with Crippen molar-refractivity contribution in [2.24, 2.45) is 11.8 Å². The molecule has 2 aliphatic rings. The summed E-state index contributed by atoms with van der Waals surface area (Å²) in [4.78, 5) is 6.80. The van der Waals surface area contributed by atoms with E-state index in [4.69, 9.17) is 0 Å². The first kappa shape index (κ1) is 17.3. The summed E-state index contributed by atoms with van der Waals surface area (Å²) in [6.07, 6.45) is 6.26. The van der Waals surface area contributed by atoms with Gasteiger partial charge in [-0.1, -0.05) is 26.0 Å². The molecule has 2 saturated heterocycles. The highest BCUT2D eigenvalue weighted by molar-refractivity contribution is 7.98. The van der Waals surface area contributed by atoms with E-state index in [1.807, 2.05) is 11.8 Å². The lowest BCUT2D eigenvalue weighted by molar-refractivity contribution is 0.0530. The smallest absolute Gasteiger partial charge is 0.0233 e. The Hall–Kier alpha value is -0.510. The molecule has 2 nitrogen and oxygen atoms in total. The number of piperidine rings is 2. The van der Waals surface area contributed by atoms with Gasteiger partial charge in [-0.2, -0.15) is 0 Å². The fraction of sp³-hybridized carbons (Fsp3) is 0.700. The topological polar surface area (TPSA) is 6.48 Å². The van der Waals surface area contributed by atoms with Crippen LogP contribution >= 0.6 is 11.8 Å². The van der Waals surface area contributed by atoms with Gasteiger partial charge in [-0.05, 0) is 68.1 Å². The van der Waals surface area contributed by atoms with Gasteiger partial charge in [0.1, 0.15) is 0 Å². The minimum absolute atomic E-state index is 0.829. The number of likely N-dealkylation sites (tertiary alicyclic amines) is 2. The van der Waals surface area contributed by atoms with Crippen LogP contribution in [0.2, 0.25) is 0 Å². The molecular weight excluding hydrogens is 300 g/mol. The molecule has 0 saturated carbocycles. The third-order valence-corrected chi connectivity index (χ3v) is 6.28. The van der Waals surface area contributed by atoms with Crippen molar-refractivity contribution in [3.05, 3.63) is 29.8 Å². The minimum Gasteiger partial charge on any atom is -0.300 e. The fourth-order valence-corrected chi connectivity index (χ4v) is 4.85. The van der Waals surface area contributed by atoms with Crippen LogP contribution in [-0.2, 0) is 6.54 Å². The Morgan fingerprint density at radius 1 is 1.00 bits per heavy atom. The molecule has 0 N–H and O–H groups in total. The van der Waals surface area contributed by atoms with Gasteiger partial charge in [0, 0.05) is 30.6 Å². The third-order valence-electron chi connectivity index (χ3n) is 5.54. The van der Waals surface area contributed by atoms with Crippen LogP contribution in [0, 0.1) is 11.8 Å². The monoisotopic (exact) mass is 332 g/mol. The Bertz CT molecular complexity index is 469. The SMILES string of the molecule is CSc1ccc(CN2CCC(N3C[C@@H](C)C[C@H](C)C3)CC2)cc1. The number of rotatable bonds is 4. The van der Waals surface area contributed by atoms with Crippen LogP contribution in [0.5, 0.6) is 0 Å². The van der Waals surface area contributed by atoms with Crippen LogP contribution in [0.4, 0.5) is 0 Å². The summed E-state index contributed by atoms with van der Waals surface area (Å²) in [6, 6.07) is 9.93. The van der Waals surface area contributed by atoms with Gasteiger partial charge < -0.3 is 0 Å². The Balaban J connectivity index is 1.48. The Morgan fingerprint density at radius 2 is 1.61 bits per heavy atom. The Labute approximate surface area is 146 Å². The predicted octanol–water partition coefficient (Wildman–Crippen LogP) is 4.35. The van der Waals surface area contributed by atoms with Crippen molar-refractivity contribution in [3.8, 4) is 0 Å². The zero-order valence-corrected chi connectivity index (χ0v) is 15.8. The van der Waals surface area contributed by atoms with Gasteiger partial charge in [-0.3, -0.25) is 9.80 Å². The van der Waals surface area contributed by atoms with Gasteiger partial charge >= 0.3 is 0 Å². The van der Waals surface area contributed by atoms with E-state index < -0.39 is 0 Å². The van der Waals surface area contributed by atoms with Crippen LogP contribution in [0.15, 0.2) is 29.2 Å². The molecule has 1 aromatic carbocycles. The summed E-state index contributed by atoms with van der Waals surface area (Å²) in [5, 5.41) is 0. The van der Waals surface area contributed by atoms with Crippen molar-refractivity contribution in [2.45, 2.75) is 50.6 Å². The number of hydrogen-bond donors (Lipinski definition) is 0. The highest BCUT2D eigenvalue weighted by Crippen LogP contribution is 2.27. The lowest BCUT2D eigenvalue weighted by atomic mass is 9.89. The molecule has 23 heavy (non-hydrogen) atoms. The zero-order valence-electron chi connectivity index (χ0n) is 15.0. The molecule has 2 atom stereocenters. The summed E-state index contributed by atoms with van der Waals surface area (Å²) in [7, 11) is 0. The van der Waals surface area contributed by atoms with E-state index in [1.165, 1.54) is 55.9 Å². The number of hydrogen-bond acceptors (Lipinski definition) is 3. The maximum atomic E-state index is 2.80. The molecule has 0 aromatic heterocycles. The van der Waals surface area contributed by atoms with E-state index in [2.05, 4.69) is 54.2 Å². The molecule has 0 spiro atoms. The average molecular weight is 333 g/mol. The second-order valence-corrected chi connectivity index (χ2v) is 8.63. The van der Waals surface area contributed by atoms with E-state index >= 15 is 0 Å². The molecule has 1 aromatic rings. The van der Waals surface area contributed by atoms with E-state index in [9.17, 15) is 0 Å². The van der Waals surface area contributed by atoms with Crippen LogP contribution in [0.3, 0.4) is 0 Å². The van der Waals surface area contributed by atoms with Gasteiger partial charge in [0.25, 0.3) is 0 Å². The van der Waals surface area contributed by atoms with Gasteiger partial charge in [-0.15, -0.1) is 11.8 Å². The summed E-state index contributed by atoms with van der Waals surface area (Å²) < 4.78 is 0. The molecule has 3 rings (SSSR count). The van der Waals surface area contributed by atoms with Crippen LogP contribution < -0.4 is 0 Å². The first-order chi connectivity index (χ1) is 11.1. The lowest BCUT2D eigenvalue weighted by Gasteiger charge is -2.43. The first-order valence-corrected chi connectivity index (χ1v) is 10.5. The highest BCUT2D eigenvalue weighted by atomic mass is 32.2. The summed E-state index contributed by atoms with van der Waals surface area (Å²) in [6.45, 7) is 11.1. The van der Waals surface area contributed by atoms with E-state index in [1.54, 1.807) is 0 Å². The van der Waals surface area contributed by atoms with Crippen molar-refractivity contribution in [1.82, 2.24) is 9.80 Å². The normalized spacial score (nSPS) is 28.1. The minimum atomic E-state index is 0.829. The lowest BCUT2D eigenvalue weighted by Crippen LogP contribution is -2.49. The van der Waals surface area contributed by atoms with Gasteiger partial charge in [0.15, 0.2) is 0 Å². The second kappa shape index (κ2) is 8.04. The van der Waals surface area contributed by atoms with Crippen LogP contribution in [0.25, 0.3) is 0 Å². The van der Waals surface area contributed by atoms with Crippen molar-refractivity contribution >= 4 is 11.8 Å².